The summed E-state index contributed by atoms with van der Waals surface area (Å²) in [5.74, 6) is 0.298. The molecule has 0 unspecified atom stereocenters. The first-order valence-electron chi connectivity index (χ1n) is 11.5. The summed E-state index contributed by atoms with van der Waals surface area (Å²) in [6, 6.07) is 9.52. The third-order valence-corrected chi connectivity index (χ3v) is 8.14. The largest absolute Gasteiger partial charge is 0.339 e. The number of amides is 1. The first-order valence-corrected chi connectivity index (χ1v) is 12.3. The summed E-state index contributed by atoms with van der Waals surface area (Å²) in [6.45, 7) is 8.41. The highest BCUT2D eigenvalue weighted by molar-refractivity contribution is 7.15. The number of benzene rings is 1. The van der Waals surface area contributed by atoms with Gasteiger partial charge in [-0.2, -0.15) is 0 Å². The fourth-order valence-electron chi connectivity index (χ4n) is 4.81. The molecule has 1 amide bonds. The normalized spacial score (nSPS) is 20.8. The molecule has 5 rings (SSSR count). The third-order valence-electron chi connectivity index (χ3n) is 7.01. The summed E-state index contributed by atoms with van der Waals surface area (Å²) in [6.07, 6.45) is 6.07. The smallest absolute Gasteiger partial charge is 0.236 e. The molecule has 1 saturated heterocycles. The van der Waals surface area contributed by atoms with Crippen LogP contribution in [0.15, 0.2) is 24.3 Å². The zero-order chi connectivity index (χ0) is 20.5. The van der Waals surface area contributed by atoms with Gasteiger partial charge in [0.1, 0.15) is 5.01 Å². The molecule has 1 aromatic heterocycles. The maximum absolute atomic E-state index is 12.9. The van der Waals surface area contributed by atoms with Gasteiger partial charge in [-0.05, 0) is 30.9 Å². The van der Waals surface area contributed by atoms with Crippen LogP contribution in [0.5, 0.6) is 0 Å². The highest BCUT2D eigenvalue weighted by Crippen LogP contribution is 2.32. The summed E-state index contributed by atoms with van der Waals surface area (Å²) in [4.78, 5) is 26.1. The van der Waals surface area contributed by atoms with Gasteiger partial charge in [-0.25, -0.2) is 4.98 Å². The van der Waals surface area contributed by atoms with Crippen molar-refractivity contribution in [3.8, 4) is 10.6 Å². The third kappa shape index (κ3) is 4.18. The van der Waals surface area contributed by atoms with Crippen LogP contribution in [0.1, 0.15) is 42.3 Å². The quantitative estimate of drug-likeness (QED) is 0.737. The minimum Gasteiger partial charge on any atom is -0.339 e. The van der Waals surface area contributed by atoms with Gasteiger partial charge in [0.25, 0.3) is 0 Å². The van der Waals surface area contributed by atoms with Crippen LogP contribution in [0, 0.1) is 0 Å². The van der Waals surface area contributed by atoms with Gasteiger partial charge in [-0.15, -0.1) is 11.3 Å². The number of nitrogens with zero attached hydrogens (tertiary/aromatic N) is 4. The Morgan fingerprint density at radius 2 is 2.00 bits per heavy atom. The van der Waals surface area contributed by atoms with Gasteiger partial charge in [-0.3, -0.25) is 14.6 Å². The Morgan fingerprint density at radius 3 is 2.73 bits per heavy atom. The van der Waals surface area contributed by atoms with Crippen molar-refractivity contribution in [2.45, 2.75) is 51.6 Å². The number of aryl methyl sites for hydroxylation is 1. The van der Waals surface area contributed by atoms with E-state index in [4.69, 9.17) is 4.98 Å². The lowest BCUT2D eigenvalue weighted by Crippen LogP contribution is -2.55. The number of carbonyl (C=O) groups excluding carboxylic acids is 1. The van der Waals surface area contributed by atoms with Crippen molar-refractivity contribution in [2.24, 2.45) is 0 Å². The predicted molar refractivity (Wildman–Crippen MR) is 122 cm³/mol. The molecular weight excluding hydrogens is 392 g/mol. The molecule has 1 aromatic carbocycles. The first-order chi connectivity index (χ1) is 14.7. The maximum Gasteiger partial charge on any atom is 0.236 e. The van der Waals surface area contributed by atoms with E-state index in [0.29, 0.717) is 12.5 Å². The topological polar surface area (TPSA) is 39.7 Å². The molecular formula is C24H32N4OS. The van der Waals surface area contributed by atoms with Crippen molar-refractivity contribution in [2.75, 3.05) is 39.3 Å². The van der Waals surface area contributed by atoms with E-state index in [-0.39, 0.29) is 0 Å². The number of fused-ring (bicyclic) bond motifs is 1. The number of piperazine rings is 1. The molecule has 3 heterocycles. The van der Waals surface area contributed by atoms with Gasteiger partial charge < -0.3 is 4.90 Å². The second-order valence-corrected chi connectivity index (χ2v) is 9.99. The number of aromatic nitrogens is 1. The summed E-state index contributed by atoms with van der Waals surface area (Å²) in [5, 5.41) is 1.12. The minimum absolute atomic E-state index is 0.298. The fourth-order valence-corrected chi connectivity index (χ4v) is 5.96. The molecule has 2 aromatic rings. The van der Waals surface area contributed by atoms with Crippen LogP contribution < -0.4 is 0 Å². The van der Waals surface area contributed by atoms with Gasteiger partial charge in [0, 0.05) is 62.2 Å². The van der Waals surface area contributed by atoms with Gasteiger partial charge >= 0.3 is 0 Å². The minimum atomic E-state index is 0.298. The molecule has 2 fully saturated rings. The standard InChI is InChI=1S/C24H32N4OS/c1-2-18-5-3-6-19(15-18)24-25-21-9-10-26(16-22(21)30-24)17-23(29)28-13-11-27(12-14-28)20-7-4-8-20/h3,5-6,15,20H,2,4,7-14,16-17H2,1H3. The van der Waals surface area contributed by atoms with Gasteiger partial charge in [0.2, 0.25) is 5.91 Å². The maximum atomic E-state index is 12.9. The molecule has 160 valence electrons. The van der Waals surface area contributed by atoms with Crippen molar-refractivity contribution in [3.05, 3.63) is 40.4 Å². The summed E-state index contributed by atoms with van der Waals surface area (Å²) >= 11 is 1.80. The number of rotatable bonds is 5. The number of thiazole rings is 1. The van der Waals surface area contributed by atoms with Gasteiger partial charge in [0.05, 0.1) is 12.2 Å². The molecule has 5 nitrogen and oxygen atoms in total. The van der Waals surface area contributed by atoms with Crippen LogP contribution in [-0.2, 0) is 24.2 Å². The number of hydrogen-bond donors (Lipinski definition) is 0. The Bertz CT molecular complexity index is 898. The van der Waals surface area contributed by atoms with Crippen molar-refractivity contribution in [1.82, 2.24) is 19.7 Å². The van der Waals surface area contributed by atoms with Crippen molar-refractivity contribution >= 4 is 17.2 Å². The Kier molecular flexibility index (Phi) is 5.89. The second kappa shape index (κ2) is 8.77. The highest BCUT2D eigenvalue weighted by atomic mass is 32.1. The Hall–Kier alpha value is -1.76. The summed E-state index contributed by atoms with van der Waals surface area (Å²) < 4.78 is 0. The van der Waals surface area contributed by atoms with Crippen molar-refractivity contribution in [1.29, 1.82) is 0 Å². The molecule has 3 aliphatic rings. The van der Waals surface area contributed by atoms with Crippen LogP contribution in [-0.4, -0.2) is 70.9 Å². The van der Waals surface area contributed by atoms with E-state index >= 15 is 0 Å². The van der Waals surface area contributed by atoms with Crippen LogP contribution in [0.3, 0.4) is 0 Å². The van der Waals surface area contributed by atoms with E-state index in [1.165, 1.54) is 41.0 Å². The second-order valence-electron chi connectivity index (χ2n) is 8.90. The summed E-state index contributed by atoms with van der Waals surface area (Å²) in [7, 11) is 0. The van der Waals surface area contributed by atoms with E-state index in [0.717, 1.165) is 63.2 Å². The molecule has 1 aliphatic carbocycles. The number of hydrogen-bond acceptors (Lipinski definition) is 5. The van der Waals surface area contributed by atoms with Crippen molar-refractivity contribution in [3.63, 3.8) is 0 Å². The molecule has 0 bridgehead atoms. The zero-order valence-electron chi connectivity index (χ0n) is 18.0. The van der Waals surface area contributed by atoms with Crippen LogP contribution >= 0.6 is 11.3 Å². The van der Waals surface area contributed by atoms with Crippen LogP contribution in [0.2, 0.25) is 0 Å². The van der Waals surface area contributed by atoms with E-state index in [1.54, 1.807) is 11.3 Å². The highest BCUT2D eigenvalue weighted by Gasteiger charge is 2.30. The average molecular weight is 425 g/mol. The Balaban J connectivity index is 1.18. The first kappa shape index (κ1) is 20.2. The molecule has 6 heteroatoms. The van der Waals surface area contributed by atoms with Crippen molar-refractivity contribution < 1.29 is 4.79 Å². The predicted octanol–water partition coefficient (Wildman–Crippen LogP) is 3.43. The Morgan fingerprint density at radius 1 is 1.17 bits per heavy atom. The van der Waals surface area contributed by atoms with Gasteiger partial charge in [-0.1, -0.05) is 31.5 Å². The van der Waals surface area contributed by atoms with E-state index < -0.39 is 0 Å². The van der Waals surface area contributed by atoms with E-state index in [9.17, 15) is 4.79 Å². The van der Waals surface area contributed by atoms with Crippen LogP contribution in [0.25, 0.3) is 10.6 Å². The molecule has 0 N–H and O–H groups in total. The van der Waals surface area contributed by atoms with E-state index in [1.807, 2.05) is 0 Å². The lowest BCUT2D eigenvalue weighted by Gasteiger charge is -2.43. The molecule has 0 atom stereocenters. The molecule has 2 aliphatic heterocycles. The molecule has 0 spiro atoms. The average Bonchev–Trinajstić information content (AvgIpc) is 3.16. The monoisotopic (exact) mass is 424 g/mol. The van der Waals surface area contributed by atoms with E-state index in [2.05, 4.69) is 45.9 Å². The lowest BCUT2D eigenvalue weighted by atomic mass is 9.91. The number of carbonyl (C=O) groups is 1. The SMILES string of the molecule is CCc1cccc(-c2nc3c(s2)CN(CC(=O)N2CCN(C4CCC4)CC2)CC3)c1. The van der Waals surface area contributed by atoms with Crippen LogP contribution in [0.4, 0.5) is 0 Å². The summed E-state index contributed by atoms with van der Waals surface area (Å²) in [5.41, 5.74) is 3.81. The zero-order valence-corrected chi connectivity index (χ0v) is 18.8. The Labute approximate surface area is 183 Å². The molecule has 1 saturated carbocycles. The molecule has 30 heavy (non-hydrogen) atoms. The molecule has 0 radical (unpaired) electrons. The van der Waals surface area contributed by atoms with Gasteiger partial charge in [0.15, 0.2) is 0 Å². The fraction of sp³-hybridized carbons (Fsp3) is 0.583. The lowest BCUT2D eigenvalue weighted by molar-refractivity contribution is -0.135.